The van der Waals surface area contributed by atoms with Gasteiger partial charge in [-0.1, -0.05) is 31.9 Å². The van der Waals surface area contributed by atoms with E-state index in [0.29, 0.717) is 47.0 Å². The number of halogens is 1. The molecule has 3 aromatic carbocycles. The number of carbonyl (C=O) groups excluding carboxylic acids is 2. The molecular weight excluding hydrogens is 537 g/mol. The number of ether oxygens (including phenoxy) is 3. The molecule has 1 aromatic heterocycles. The normalized spacial score (nSPS) is 14.1. The molecule has 2 amide bonds. The van der Waals surface area contributed by atoms with Crippen molar-refractivity contribution in [2.75, 3.05) is 19.5 Å². The molecule has 4 aromatic rings. The molecule has 1 aliphatic rings. The Morgan fingerprint density at radius 1 is 0.929 bits per heavy atom. The highest BCUT2D eigenvalue weighted by Crippen LogP contribution is 2.47. The second-order valence-corrected chi connectivity index (χ2v) is 10.4. The fraction of sp³-hybridized carbons (Fsp3) is 0.303. The van der Waals surface area contributed by atoms with Crippen molar-refractivity contribution in [1.82, 2.24) is 10.3 Å². The maximum absolute atomic E-state index is 13.4. The zero-order valence-corrected chi connectivity index (χ0v) is 23.9. The first kappa shape index (κ1) is 28.9. The molecule has 1 saturated carbocycles. The number of amides is 2. The molecule has 1 unspecified atom stereocenters. The number of fused-ring (bicyclic) bond motifs is 1. The number of nitrogens with zero attached hydrogens (tertiary/aromatic N) is 1. The minimum atomic E-state index is -1.12. The standard InChI is InChI=1S/C33H34FN3O5/c1-4-5-6-26(37-32(39)33(16-17-33)31(38)36-23-11-9-22(34)10-12-23)21-7-13-24(14-8-21)42-28-15-18-35-27-20-30(41-3)29(40-2)19-25(27)28/h7-15,18-20,26H,4-6,16-17H2,1-3H3,(H,36,38)(H,37,39). The van der Waals surface area contributed by atoms with Gasteiger partial charge in [-0.05, 0) is 73.4 Å². The van der Waals surface area contributed by atoms with Crippen molar-refractivity contribution < 1.29 is 28.2 Å². The van der Waals surface area contributed by atoms with Crippen LogP contribution in [0.3, 0.4) is 0 Å². The number of pyridine rings is 1. The Morgan fingerprint density at radius 3 is 2.26 bits per heavy atom. The molecule has 0 spiro atoms. The Labute approximate surface area is 244 Å². The van der Waals surface area contributed by atoms with Crippen LogP contribution in [0, 0.1) is 11.2 Å². The van der Waals surface area contributed by atoms with E-state index in [1.54, 1.807) is 32.5 Å². The van der Waals surface area contributed by atoms with E-state index in [2.05, 4.69) is 22.5 Å². The molecule has 0 bridgehead atoms. The van der Waals surface area contributed by atoms with E-state index in [0.717, 1.165) is 30.2 Å². The Kier molecular flexibility index (Phi) is 8.56. The third-order valence-electron chi connectivity index (χ3n) is 7.59. The average molecular weight is 572 g/mol. The smallest absolute Gasteiger partial charge is 0.240 e. The lowest BCUT2D eigenvalue weighted by molar-refractivity contribution is -0.135. The molecule has 0 aliphatic heterocycles. The van der Waals surface area contributed by atoms with Gasteiger partial charge in [-0.2, -0.15) is 0 Å². The lowest BCUT2D eigenvalue weighted by atomic mass is 9.98. The number of nitrogens with one attached hydrogen (secondary N) is 2. The zero-order valence-electron chi connectivity index (χ0n) is 23.9. The summed E-state index contributed by atoms with van der Waals surface area (Å²) in [5.41, 5.74) is 0.971. The minimum absolute atomic E-state index is 0.263. The van der Waals surface area contributed by atoms with Crippen LogP contribution in [-0.2, 0) is 9.59 Å². The van der Waals surface area contributed by atoms with Crippen LogP contribution in [0.1, 0.15) is 50.6 Å². The van der Waals surface area contributed by atoms with Gasteiger partial charge in [0.2, 0.25) is 11.8 Å². The van der Waals surface area contributed by atoms with Crippen molar-refractivity contribution in [3.05, 3.63) is 84.3 Å². The van der Waals surface area contributed by atoms with E-state index in [4.69, 9.17) is 14.2 Å². The van der Waals surface area contributed by atoms with Crippen LogP contribution < -0.4 is 24.8 Å². The molecule has 1 atom stereocenters. The van der Waals surface area contributed by atoms with Crippen LogP contribution in [0.4, 0.5) is 10.1 Å². The highest BCUT2D eigenvalue weighted by Gasteiger charge is 2.56. The summed E-state index contributed by atoms with van der Waals surface area (Å²) < 4.78 is 30.3. The zero-order chi connectivity index (χ0) is 29.7. The molecule has 2 N–H and O–H groups in total. The monoisotopic (exact) mass is 571 g/mol. The van der Waals surface area contributed by atoms with Crippen molar-refractivity contribution in [1.29, 1.82) is 0 Å². The number of benzene rings is 3. The molecular formula is C33H34FN3O5. The molecule has 0 saturated heterocycles. The molecule has 42 heavy (non-hydrogen) atoms. The fourth-order valence-corrected chi connectivity index (χ4v) is 4.92. The lowest BCUT2D eigenvalue weighted by Crippen LogP contribution is -2.41. The van der Waals surface area contributed by atoms with Crippen molar-refractivity contribution in [2.24, 2.45) is 5.41 Å². The highest BCUT2D eigenvalue weighted by atomic mass is 19.1. The van der Waals surface area contributed by atoms with E-state index in [1.165, 1.54) is 24.3 Å². The second-order valence-electron chi connectivity index (χ2n) is 10.4. The summed E-state index contributed by atoms with van der Waals surface area (Å²) in [6, 6.07) is 18.3. The van der Waals surface area contributed by atoms with Gasteiger partial charge in [-0.25, -0.2) is 4.39 Å². The molecule has 8 nitrogen and oxygen atoms in total. The summed E-state index contributed by atoms with van der Waals surface area (Å²) >= 11 is 0. The number of anilines is 1. The number of hydrogen-bond acceptors (Lipinski definition) is 6. The molecule has 9 heteroatoms. The van der Waals surface area contributed by atoms with Crippen LogP contribution in [0.5, 0.6) is 23.0 Å². The second kappa shape index (κ2) is 12.5. The van der Waals surface area contributed by atoms with Gasteiger partial charge >= 0.3 is 0 Å². The van der Waals surface area contributed by atoms with Gasteiger partial charge in [0, 0.05) is 23.3 Å². The number of methoxy groups -OCH3 is 2. The van der Waals surface area contributed by atoms with Crippen LogP contribution in [0.25, 0.3) is 10.9 Å². The first-order valence-corrected chi connectivity index (χ1v) is 14.0. The summed E-state index contributed by atoms with van der Waals surface area (Å²) in [6.07, 6.45) is 5.22. The van der Waals surface area contributed by atoms with E-state index in [9.17, 15) is 14.0 Å². The van der Waals surface area contributed by atoms with E-state index >= 15 is 0 Å². The van der Waals surface area contributed by atoms with Crippen LogP contribution in [-0.4, -0.2) is 31.0 Å². The lowest BCUT2D eigenvalue weighted by Gasteiger charge is -2.23. The quantitative estimate of drug-likeness (QED) is 0.179. The molecule has 1 heterocycles. The summed E-state index contributed by atoms with van der Waals surface area (Å²) in [5.74, 6) is 1.34. The average Bonchev–Trinajstić information content (AvgIpc) is 3.83. The van der Waals surface area contributed by atoms with Crippen molar-refractivity contribution in [2.45, 2.75) is 45.1 Å². The number of carbonyl (C=O) groups is 2. The molecule has 1 fully saturated rings. The van der Waals surface area contributed by atoms with Gasteiger partial charge in [0.1, 0.15) is 22.7 Å². The summed E-state index contributed by atoms with van der Waals surface area (Å²) in [7, 11) is 3.16. The van der Waals surface area contributed by atoms with Crippen LogP contribution in [0.2, 0.25) is 0 Å². The highest BCUT2D eigenvalue weighted by molar-refractivity contribution is 6.13. The van der Waals surface area contributed by atoms with Crippen LogP contribution >= 0.6 is 0 Å². The third kappa shape index (κ3) is 6.15. The largest absolute Gasteiger partial charge is 0.493 e. The first-order valence-electron chi connectivity index (χ1n) is 14.0. The summed E-state index contributed by atoms with van der Waals surface area (Å²) in [5, 5.41) is 6.67. The van der Waals surface area contributed by atoms with Gasteiger partial charge in [0.15, 0.2) is 11.5 Å². The number of unbranched alkanes of at least 4 members (excludes halogenated alkanes) is 1. The molecule has 1 aliphatic carbocycles. The topological polar surface area (TPSA) is 98.8 Å². The predicted octanol–water partition coefficient (Wildman–Crippen LogP) is 6.95. The predicted molar refractivity (Wildman–Crippen MR) is 158 cm³/mol. The van der Waals surface area contributed by atoms with Gasteiger partial charge in [0.25, 0.3) is 0 Å². The third-order valence-corrected chi connectivity index (χ3v) is 7.59. The van der Waals surface area contributed by atoms with E-state index in [1.807, 2.05) is 30.3 Å². The maximum atomic E-state index is 13.4. The van der Waals surface area contributed by atoms with E-state index in [-0.39, 0.29) is 17.9 Å². The fourth-order valence-electron chi connectivity index (χ4n) is 4.92. The summed E-state index contributed by atoms with van der Waals surface area (Å²) in [4.78, 5) is 30.9. The molecule has 0 radical (unpaired) electrons. The molecule has 218 valence electrons. The van der Waals surface area contributed by atoms with Crippen LogP contribution in [0.15, 0.2) is 72.9 Å². The van der Waals surface area contributed by atoms with Crippen molar-refractivity contribution in [3.63, 3.8) is 0 Å². The number of rotatable bonds is 12. The number of hydrogen-bond donors (Lipinski definition) is 2. The SMILES string of the molecule is CCCCC(NC(=O)C1(C(=O)Nc2ccc(F)cc2)CC1)c1ccc(Oc2ccnc3cc(OC)c(OC)cc23)cc1. The Bertz CT molecular complexity index is 1570. The van der Waals surface area contributed by atoms with E-state index < -0.39 is 11.2 Å². The minimum Gasteiger partial charge on any atom is -0.493 e. The maximum Gasteiger partial charge on any atom is 0.240 e. The van der Waals surface area contributed by atoms with Gasteiger partial charge < -0.3 is 24.8 Å². The van der Waals surface area contributed by atoms with Gasteiger partial charge in [0.05, 0.1) is 25.8 Å². The van der Waals surface area contributed by atoms with Gasteiger partial charge in [-0.3, -0.25) is 14.6 Å². The number of aromatic nitrogens is 1. The Morgan fingerprint density at radius 2 is 1.62 bits per heavy atom. The first-order chi connectivity index (χ1) is 20.4. The molecule has 5 rings (SSSR count). The Balaban J connectivity index is 1.31. The Hall–Kier alpha value is -4.66. The van der Waals surface area contributed by atoms with Crippen molar-refractivity contribution >= 4 is 28.4 Å². The van der Waals surface area contributed by atoms with Gasteiger partial charge in [-0.15, -0.1) is 0 Å². The summed E-state index contributed by atoms with van der Waals surface area (Å²) in [6.45, 7) is 2.10. The van der Waals surface area contributed by atoms with Crippen molar-refractivity contribution in [3.8, 4) is 23.0 Å².